The van der Waals surface area contributed by atoms with Crippen molar-refractivity contribution in [2.24, 2.45) is 11.5 Å². The van der Waals surface area contributed by atoms with Crippen LogP contribution in [0.4, 0.5) is 5.69 Å². The van der Waals surface area contributed by atoms with Crippen LogP contribution in [0.15, 0.2) is 36.5 Å². The van der Waals surface area contributed by atoms with Gasteiger partial charge in [-0.2, -0.15) is 0 Å². The van der Waals surface area contributed by atoms with Gasteiger partial charge >= 0.3 is 0 Å². The van der Waals surface area contributed by atoms with Gasteiger partial charge in [0.2, 0.25) is 0 Å². The fourth-order valence-electron chi connectivity index (χ4n) is 2.59. The van der Waals surface area contributed by atoms with E-state index in [1.54, 1.807) is 0 Å². The maximum absolute atomic E-state index is 6.18. The molecule has 4 heteroatoms. The number of piperidine rings is 1. The molecule has 0 radical (unpaired) electrons. The maximum atomic E-state index is 6.18. The molecule has 0 saturated carbocycles. The van der Waals surface area contributed by atoms with Crippen LogP contribution in [0.5, 0.6) is 0 Å². The highest BCUT2D eigenvalue weighted by molar-refractivity contribution is 5.82. The predicted molar refractivity (Wildman–Crippen MR) is 74.3 cm³/mol. The molecule has 3 rings (SSSR count). The smallest absolute Gasteiger partial charge is 0.0785 e. The minimum atomic E-state index is 0.0165. The van der Waals surface area contributed by atoms with Crippen LogP contribution in [0, 0.1) is 0 Å². The SMILES string of the molecule is NC1CCN(c2ccc3ncccc3c2)C(N)C1. The van der Waals surface area contributed by atoms with Crippen LogP contribution in [0.2, 0.25) is 0 Å². The Bertz CT molecular complexity index is 554. The number of aromatic nitrogens is 1. The molecule has 0 spiro atoms. The summed E-state index contributed by atoms with van der Waals surface area (Å²) < 4.78 is 0. The van der Waals surface area contributed by atoms with Gasteiger partial charge in [-0.1, -0.05) is 6.07 Å². The first-order chi connectivity index (χ1) is 8.74. The summed E-state index contributed by atoms with van der Waals surface area (Å²) in [5.41, 5.74) is 14.3. The molecule has 2 atom stereocenters. The minimum Gasteiger partial charge on any atom is -0.356 e. The number of fused-ring (bicyclic) bond motifs is 1. The van der Waals surface area contributed by atoms with Crippen molar-refractivity contribution >= 4 is 16.6 Å². The Morgan fingerprint density at radius 3 is 2.94 bits per heavy atom. The molecule has 1 aromatic heterocycles. The predicted octanol–water partition coefficient (Wildman–Crippen LogP) is 1.45. The van der Waals surface area contributed by atoms with Crippen LogP contribution in [0.3, 0.4) is 0 Å². The molecular weight excluding hydrogens is 224 g/mol. The lowest BCUT2D eigenvalue weighted by Crippen LogP contribution is -2.51. The fourth-order valence-corrected chi connectivity index (χ4v) is 2.59. The first kappa shape index (κ1) is 11.4. The monoisotopic (exact) mass is 242 g/mol. The lowest BCUT2D eigenvalue weighted by molar-refractivity contribution is 0.418. The largest absolute Gasteiger partial charge is 0.356 e. The molecule has 4 nitrogen and oxygen atoms in total. The summed E-state index contributed by atoms with van der Waals surface area (Å²) in [6.07, 6.45) is 3.68. The van der Waals surface area contributed by atoms with Gasteiger partial charge in [0, 0.05) is 29.9 Å². The van der Waals surface area contributed by atoms with Crippen molar-refractivity contribution in [3.63, 3.8) is 0 Å². The highest BCUT2D eigenvalue weighted by Gasteiger charge is 2.23. The number of anilines is 1. The highest BCUT2D eigenvalue weighted by atomic mass is 15.2. The number of hydrogen-bond acceptors (Lipinski definition) is 4. The summed E-state index contributed by atoms with van der Waals surface area (Å²) in [5, 5.41) is 1.15. The van der Waals surface area contributed by atoms with E-state index in [9.17, 15) is 0 Å². The third-order valence-electron chi connectivity index (χ3n) is 3.60. The molecule has 94 valence electrons. The van der Waals surface area contributed by atoms with Crippen molar-refractivity contribution in [3.05, 3.63) is 36.5 Å². The van der Waals surface area contributed by atoms with E-state index in [1.807, 2.05) is 18.3 Å². The zero-order valence-electron chi connectivity index (χ0n) is 10.3. The van der Waals surface area contributed by atoms with E-state index in [1.165, 1.54) is 0 Å². The van der Waals surface area contributed by atoms with Crippen molar-refractivity contribution in [2.45, 2.75) is 25.0 Å². The summed E-state index contributed by atoms with van der Waals surface area (Å²) in [7, 11) is 0. The van der Waals surface area contributed by atoms with Crippen molar-refractivity contribution < 1.29 is 0 Å². The fraction of sp³-hybridized carbons (Fsp3) is 0.357. The standard InChI is InChI=1S/C14H18N4/c15-11-5-7-18(14(16)9-11)12-3-4-13-10(8-12)2-1-6-17-13/h1-4,6,8,11,14H,5,7,9,15-16H2. The van der Waals surface area contributed by atoms with E-state index in [0.717, 1.165) is 36.0 Å². The van der Waals surface area contributed by atoms with E-state index >= 15 is 0 Å². The third-order valence-corrected chi connectivity index (χ3v) is 3.60. The van der Waals surface area contributed by atoms with Crippen LogP contribution in [0.1, 0.15) is 12.8 Å². The van der Waals surface area contributed by atoms with Crippen LogP contribution >= 0.6 is 0 Å². The molecule has 0 aliphatic carbocycles. The van der Waals surface area contributed by atoms with Gasteiger partial charge in [-0.25, -0.2) is 0 Å². The molecule has 1 saturated heterocycles. The van der Waals surface area contributed by atoms with Gasteiger partial charge in [0.25, 0.3) is 0 Å². The molecule has 0 bridgehead atoms. The van der Waals surface area contributed by atoms with Gasteiger partial charge in [0.15, 0.2) is 0 Å². The minimum absolute atomic E-state index is 0.0165. The number of benzene rings is 1. The lowest BCUT2D eigenvalue weighted by Gasteiger charge is -2.37. The molecule has 1 aromatic carbocycles. The van der Waals surface area contributed by atoms with E-state index < -0.39 is 0 Å². The van der Waals surface area contributed by atoms with E-state index in [4.69, 9.17) is 11.5 Å². The zero-order valence-corrected chi connectivity index (χ0v) is 10.3. The van der Waals surface area contributed by atoms with Crippen molar-refractivity contribution in [1.82, 2.24) is 4.98 Å². The van der Waals surface area contributed by atoms with Crippen LogP contribution in [-0.2, 0) is 0 Å². The van der Waals surface area contributed by atoms with E-state index in [0.29, 0.717) is 0 Å². The summed E-state index contributed by atoms with van der Waals surface area (Å²) in [6.45, 7) is 0.925. The van der Waals surface area contributed by atoms with Gasteiger partial charge in [-0.3, -0.25) is 4.98 Å². The molecule has 2 aromatic rings. The maximum Gasteiger partial charge on any atom is 0.0785 e. The Morgan fingerprint density at radius 2 is 2.11 bits per heavy atom. The second-order valence-corrected chi connectivity index (χ2v) is 4.93. The Labute approximate surface area is 107 Å². The molecule has 0 amide bonds. The molecular formula is C14H18N4. The van der Waals surface area contributed by atoms with Crippen molar-refractivity contribution in [2.75, 3.05) is 11.4 Å². The normalized spacial score (nSPS) is 24.4. The first-order valence-electron chi connectivity index (χ1n) is 6.36. The van der Waals surface area contributed by atoms with Gasteiger partial charge in [0.05, 0.1) is 11.7 Å². The molecule has 18 heavy (non-hydrogen) atoms. The number of pyridine rings is 1. The molecule has 1 aliphatic rings. The average Bonchev–Trinajstić information content (AvgIpc) is 2.38. The number of nitrogens with two attached hydrogens (primary N) is 2. The first-order valence-corrected chi connectivity index (χ1v) is 6.36. The molecule has 2 heterocycles. The number of nitrogens with zero attached hydrogens (tertiary/aromatic N) is 2. The van der Waals surface area contributed by atoms with Crippen LogP contribution in [-0.4, -0.2) is 23.7 Å². The van der Waals surface area contributed by atoms with Crippen LogP contribution < -0.4 is 16.4 Å². The topological polar surface area (TPSA) is 68.2 Å². The Hall–Kier alpha value is -1.65. The van der Waals surface area contributed by atoms with Crippen LogP contribution in [0.25, 0.3) is 10.9 Å². The summed E-state index contributed by atoms with van der Waals surface area (Å²) >= 11 is 0. The van der Waals surface area contributed by atoms with Gasteiger partial charge in [0.1, 0.15) is 0 Å². The quantitative estimate of drug-likeness (QED) is 0.794. The van der Waals surface area contributed by atoms with E-state index in [2.05, 4.69) is 28.1 Å². The summed E-state index contributed by atoms with van der Waals surface area (Å²) in [4.78, 5) is 6.56. The zero-order chi connectivity index (χ0) is 12.5. The molecule has 1 fully saturated rings. The second-order valence-electron chi connectivity index (χ2n) is 4.93. The summed E-state index contributed by atoms with van der Waals surface area (Å²) in [5.74, 6) is 0. The third kappa shape index (κ3) is 2.05. The average molecular weight is 242 g/mol. The molecule has 2 unspecified atom stereocenters. The second kappa shape index (κ2) is 4.55. The number of rotatable bonds is 1. The lowest BCUT2D eigenvalue weighted by atomic mass is 10.0. The van der Waals surface area contributed by atoms with Gasteiger partial charge in [-0.05, 0) is 37.1 Å². The van der Waals surface area contributed by atoms with Gasteiger partial charge < -0.3 is 16.4 Å². The number of hydrogen-bond donors (Lipinski definition) is 2. The van der Waals surface area contributed by atoms with Gasteiger partial charge in [-0.15, -0.1) is 0 Å². The van der Waals surface area contributed by atoms with Crippen molar-refractivity contribution in [1.29, 1.82) is 0 Å². The highest BCUT2D eigenvalue weighted by Crippen LogP contribution is 2.25. The summed E-state index contributed by atoms with van der Waals surface area (Å²) in [6, 6.07) is 10.6. The van der Waals surface area contributed by atoms with Crippen molar-refractivity contribution in [3.8, 4) is 0 Å². The Balaban J connectivity index is 1.94. The Kier molecular flexibility index (Phi) is 2.89. The van der Waals surface area contributed by atoms with E-state index in [-0.39, 0.29) is 12.2 Å². The molecule has 1 aliphatic heterocycles. The molecule has 4 N–H and O–H groups in total. The Morgan fingerprint density at radius 1 is 1.22 bits per heavy atom.